The van der Waals surface area contributed by atoms with E-state index in [9.17, 15) is 9.59 Å². The van der Waals surface area contributed by atoms with E-state index in [0.717, 1.165) is 60.7 Å². The first-order valence-corrected chi connectivity index (χ1v) is 13.4. The number of nitrogens with one attached hydrogen (secondary N) is 2. The molecule has 174 valence electrons. The van der Waals surface area contributed by atoms with Crippen molar-refractivity contribution in [3.8, 4) is 0 Å². The second-order valence-corrected chi connectivity index (χ2v) is 11.2. The van der Waals surface area contributed by atoms with E-state index in [-0.39, 0.29) is 23.7 Å². The number of carbonyl (C=O) groups is 2. The van der Waals surface area contributed by atoms with Crippen LogP contribution in [0.25, 0.3) is 0 Å². The quantitative estimate of drug-likeness (QED) is 0.547. The van der Waals surface area contributed by atoms with E-state index >= 15 is 0 Å². The highest BCUT2D eigenvalue weighted by Gasteiger charge is 2.36. The molecule has 0 heterocycles. The fourth-order valence-corrected chi connectivity index (χ4v) is 7.39. The number of fused-ring (bicyclic) bond motifs is 2. The van der Waals surface area contributed by atoms with Crippen LogP contribution in [0.3, 0.4) is 0 Å². The molecule has 4 aliphatic rings. The molecule has 2 N–H and O–H groups in total. The molecule has 32 heavy (non-hydrogen) atoms. The van der Waals surface area contributed by atoms with Crippen LogP contribution in [-0.4, -0.2) is 11.8 Å². The number of rotatable bonds is 4. The molecule has 4 aliphatic carbocycles. The van der Waals surface area contributed by atoms with Crippen molar-refractivity contribution < 1.29 is 9.59 Å². The van der Waals surface area contributed by atoms with Gasteiger partial charge in [-0.15, -0.1) is 0 Å². The summed E-state index contributed by atoms with van der Waals surface area (Å²) < 4.78 is 0. The van der Waals surface area contributed by atoms with E-state index in [1.165, 1.54) is 64.2 Å². The summed E-state index contributed by atoms with van der Waals surface area (Å²) in [4.78, 5) is 26.2. The maximum atomic E-state index is 13.1. The van der Waals surface area contributed by atoms with Crippen LogP contribution in [0.2, 0.25) is 0 Å². The van der Waals surface area contributed by atoms with E-state index in [0.29, 0.717) is 0 Å². The molecule has 2 amide bonds. The smallest absolute Gasteiger partial charge is 0.227 e. The van der Waals surface area contributed by atoms with E-state index in [4.69, 9.17) is 0 Å². The van der Waals surface area contributed by atoms with Crippen LogP contribution in [0.1, 0.15) is 89.9 Å². The number of hydrogen-bond donors (Lipinski definition) is 2. The molecule has 6 unspecified atom stereocenters. The molecule has 0 aromatic heterocycles. The van der Waals surface area contributed by atoms with Crippen molar-refractivity contribution in [3.05, 3.63) is 24.3 Å². The standard InChI is InChI=1S/C28H40N2O2/c31-27(23-15-13-19-7-1-3-9-21(19)17-23)29-25-11-5-6-12-26(25)30-28(32)24-16-14-20-8-2-4-10-22(20)18-24/h5-6,11-12,19-24H,1-4,7-10,13-18H2,(H,29,31)(H,30,32). The van der Waals surface area contributed by atoms with E-state index in [2.05, 4.69) is 10.6 Å². The molecule has 4 saturated carbocycles. The Labute approximate surface area is 193 Å². The molecule has 5 rings (SSSR count). The largest absolute Gasteiger partial charge is 0.324 e. The monoisotopic (exact) mass is 436 g/mol. The van der Waals surface area contributed by atoms with Gasteiger partial charge in [0.2, 0.25) is 11.8 Å². The third-order valence-electron chi connectivity index (χ3n) is 9.26. The first-order valence-electron chi connectivity index (χ1n) is 13.4. The van der Waals surface area contributed by atoms with Gasteiger partial charge in [0.25, 0.3) is 0 Å². The van der Waals surface area contributed by atoms with Gasteiger partial charge in [0.15, 0.2) is 0 Å². The average Bonchev–Trinajstić information content (AvgIpc) is 2.84. The summed E-state index contributed by atoms with van der Waals surface area (Å²) in [5, 5.41) is 6.35. The predicted octanol–water partition coefficient (Wildman–Crippen LogP) is 6.78. The molecule has 0 aliphatic heterocycles. The summed E-state index contributed by atoms with van der Waals surface area (Å²) >= 11 is 0. The van der Waals surface area contributed by atoms with Gasteiger partial charge in [-0.3, -0.25) is 9.59 Å². The molecule has 4 heteroatoms. The Morgan fingerprint density at radius 1 is 0.562 bits per heavy atom. The van der Waals surface area contributed by atoms with Crippen LogP contribution >= 0.6 is 0 Å². The molecule has 4 nitrogen and oxygen atoms in total. The SMILES string of the molecule is O=C(Nc1ccccc1NC(=O)C1CCC2CCCCC2C1)C1CCC2CCCCC2C1. The van der Waals surface area contributed by atoms with Crippen LogP contribution in [0.15, 0.2) is 24.3 Å². The minimum absolute atomic E-state index is 0.111. The van der Waals surface area contributed by atoms with Crippen molar-refractivity contribution in [3.63, 3.8) is 0 Å². The van der Waals surface area contributed by atoms with E-state index in [1.54, 1.807) is 0 Å². The van der Waals surface area contributed by atoms with Gasteiger partial charge in [0.05, 0.1) is 11.4 Å². The zero-order chi connectivity index (χ0) is 21.9. The number of benzene rings is 1. The van der Waals surface area contributed by atoms with Gasteiger partial charge in [0.1, 0.15) is 0 Å². The second-order valence-electron chi connectivity index (χ2n) is 11.2. The van der Waals surface area contributed by atoms with E-state index < -0.39 is 0 Å². The van der Waals surface area contributed by atoms with Crippen LogP contribution in [0.4, 0.5) is 11.4 Å². The molecular weight excluding hydrogens is 396 g/mol. The Bertz CT molecular complexity index is 754. The number of anilines is 2. The first-order chi connectivity index (χ1) is 15.7. The molecule has 1 aromatic carbocycles. The fraction of sp³-hybridized carbons (Fsp3) is 0.714. The molecular formula is C28H40N2O2. The average molecular weight is 437 g/mol. The number of amides is 2. The Hall–Kier alpha value is -1.84. The maximum Gasteiger partial charge on any atom is 0.227 e. The van der Waals surface area contributed by atoms with E-state index in [1.807, 2.05) is 24.3 Å². The van der Waals surface area contributed by atoms with Gasteiger partial charge in [-0.25, -0.2) is 0 Å². The Balaban J connectivity index is 1.19. The normalized spacial score (nSPS) is 34.6. The summed E-state index contributed by atoms with van der Waals surface area (Å²) in [6, 6.07) is 7.74. The molecule has 0 bridgehead atoms. The molecule has 0 spiro atoms. The molecule has 0 saturated heterocycles. The van der Waals surface area contributed by atoms with Gasteiger partial charge in [-0.1, -0.05) is 63.5 Å². The summed E-state index contributed by atoms with van der Waals surface area (Å²) in [6.07, 6.45) is 17.2. The minimum atomic E-state index is 0.111. The molecule has 0 radical (unpaired) electrons. The maximum absolute atomic E-state index is 13.1. The lowest BCUT2D eigenvalue weighted by molar-refractivity contribution is -0.123. The van der Waals surface area contributed by atoms with Crippen molar-refractivity contribution in [2.45, 2.75) is 89.9 Å². The van der Waals surface area contributed by atoms with Crippen LogP contribution in [0.5, 0.6) is 0 Å². The van der Waals surface area contributed by atoms with Crippen molar-refractivity contribution in [2.75, 3.05) is 10.6 Å². The predicted molar refractivity (Wildman–Crippen MR) is 129 cm³/mol. The summed E-state index contributed by atoms with van der Waals surface area (Å²) in [7, 11) is 0. The summed E-state index contributed by atoms with van der Waals surface area (Å²) in [6.45, 7) is 0. The van der Waals surface area contributed by atoms with Crippen molar-refractivity contribution in [2.24, 2.45) is 35.5 Å². The second kappa shape index (κ2) is 9.97. The Kier molecular flexibility index (Phi) is 6.85. The zero-order valence-corrected chi connectivity index (χ0v) is 19.5. The molecule has 4 fully saturated rings. The van der Waals surface area contributed by atoms with Crippen LogP contribution in [0, 0.1) is 35.5 Å². The van der Waals surface area contributed by atoms with Gasteiger partial charge in [-0.2, -0.15) is 0 Å². The minimum Gasteiger partial charge on any atom is -0.324 e. The highest BCUT2D eigenvalue weighted by atomic mass is 16.2. The van der Waals surface area contributed by atoms with Gasteiger partial charge in [0, 0.05) is 11.8 Å². The van der Waals surface area contributed by atoms with Crippen LogP contribution in [-0.2, 0) is 9.59 Å². The van der Waals surface area contributed by atoms with Gasteiger partial charge < -0.3 is 10.6 Å². The lowest BCUT2D eigenvalue weighted by Crippen LogP contribution is -2.35. The summed E-state index contributed by atoms with van der Waals surface area (Å²) in [5.74, 6) is 3.66. The zero-order valence-electron chi connectivity index (χ0n) is 19.5. The van der Waals surface area contributed by atoms with Crippen molar-refractivity contribution >= 4 is 23.2 Å². The third kappa shape index (κ3) is 4.89. The Morgan fingerprint density at radius 3 is 1.41 bits per heavy atom. The Morgan fingerprint density at radius 2 is 0.969 bits per heavy atom. The van der Waals surface area contributed by atoms with Crippen LogP contribution < -0.4 is 10.6 Å². The van der Waals surface area contributed by atoms with Gasteiger partial charge in [-0.05, 0) is 74.3 Å². The number of para-hydroxylation sites is 2. The fourth-order valence-electron chi connectivity index (χ4n) is 7.39. The lowest BCUT2D eigenvalue weighted by atomic mass is 9.67. The topological polar surface area (TPSA) is 58.2 Å². The third-order valence-corrected chi connectivity index (χ3v) is 9.26. The highest BCUT2D eigenvalue weighted by molar-refractivity contribution is 6.00. The lowest BCUT2D eigenvalue weighted by Gasteiger charge is -2.39. The number of hydrogen-bond acceptors (Lipinski definition) is 2. The summed E-state index contributed by atoms with van der Waals surface area (Å²) in [5.41, 5.74) is 1.51. The van der Waals surface area contributed by atoms with Crippen molar-refractivity contribution in [1.29, 1.82) is 0 Å². The van der Waals surface area contributed by atoms with Crippen molar-refractivity contribution in [1.82, 2.24) is 0 Å². The molecule has 6 atom stereocenters. The number of carbonyl (C=O) groups excluding carboxylic acids is 2. The first kappa shape index (κ1) is 22.0. The molecule has 1 aromatic rings. The van der Waals surface area contributed by atoms with Gasteiger partial charge >= 0.3 is 0 Å². The highest BCUT2D eigenvalue weighted by Crippen LogP contribution is 2.44.